The molecule has 0 saturated carbocycles. The Morgan fingerprint density at radius 3 is 2.75 bits per heavy atom. The van der Waals surface area contributed by atoms with Gasteiger partial charge in [-0.1, -0.05) is 0 Å². The molecule has 3 N–H and O–H groups in total. The molecule has 0 fully saturated rings. The molecule has 2 aromatic heterocycles. The largest absolute Gasteiger partial charge is 0.462 e. The van der Waals surface area contributed by atoms with Crippen molar-refractivity contribution >= 4 is 17.6 Å². The number of carbonyl (C=O) groups excluding carboxylic acids is 2. The zero-order valence-corrected chi connectivity index (χ0v) is 11.4. The Labute approximate surface area is 114 Å². The summed E-state index contributed by atoms with van der Waals surface area (Å²) >= 11 is 0. The van der Waals surface area contributed by atoms with Crippen molar-refractivity contribution in [3.8, 4) is 0 Å². The summed E-state index contributed by atoms with van der Waals surface area (Å²) in [5.74, 6) is -0.450. The van der Waals surface area contributed by atoms with Crippen LogP contribution >= 0.6 is 0 Å². The number of ether oxygens (including phenoxy) is 1. The fourth-order valence-electron chi connectivity index (χ4n) is 1.71. The number of nitrogens with zero attached hydrogens (tertiary/aromatic N) is 2. The number of rotatable bonds is 4. The van der Waals surface area contributed by atoms with E-state index in [9.17, 15) is 9.59 Å². The summed E-state index contributed by atoms with van der Waals surface area (Å²) in [5, 5.41) is 8.92. The van der Waals surface area contributed by atoms with Crippen LogP contribution in [0.3, 0.4) is 0 Å². The van der Waals surface area contributed by atoms with E-state index in [4.69, 9.17) is 4.74 Å². The molecule has 106 valence electrons. The number of amides is 1. The van der Waals surface area contributed by atoms with Gasteiger partial charge in [0.2, 0.25) is 5.82 Å². The van der Waals surface area contributed by atoms with Crippen LogP contribution in [0.1, 0.15) is 39.4 Å². The molecule has 0 aliphatic carbocycles. The van der Waals surface area contributed by atoms with Crippen molar-refractivity contribution in [3.63, 3.8) is 0 Å². The van der Waals surface area contributed by atoms with E-state index in [0.717, 1.165) is 0 Å². The molecule has 0 radical (unpaired) electrons. The SMILES string of the molecule is CCOC(=O)c1c(NC(=O)c2n[nH]c(C)n2)c[nH]c1C. The third-order valence-electron chi connectivity index (χ3n) is 2.61. The van der Waals surface area contributed by atoms with Gasteiger partial charge in [0.05, 0.1) is 12.3 Å². The molecule has 0 aliphatic heterocycles. The van der Waals surface area contributed by atoms with E-state index >= 15 is 0 Å². The molecular formula is C12H15N5O3. The third kappa shape index (κ3) is 2.68. The summed E-state index contributed by atoms with van der Waals surface area (Å²) in [6, 6.07) is 0. The highest BCUT2D eigenvalue weighted by atomic mass is 16.5. The van der Waals surface area contributed by atoms with E-state index in [1.807, 2.05) is 0 Å². The van der Waals surface area contributed by atoms with Crippen LogP contribution in [-0.2, 0) is 4.74 Å². The van der Waals surface area contributed by atoms with Gasteiger partial charge >= 0.3 is 5.97 Å². The summed E-state index contributed by atoms with van der Waals surface area (Å²) in [6.07, 6.45) is 1.53. The van der Waals surface area contributed by atoms with Crippen LogP contribution in [-0.4, -0.2) is 38.6 Å². The number of aromatic nitrogens is 4. The van der Waals surface area contributed by atoms with Gasteiger partial charge in [0.15, 0.2) is 0 Å². The quantitative estimate of drug-likeness (QED) is 0.726. The Morgan fingerprint density at radius 2 is 2.15 bits per heavy atom. The number of anilines is 1. The van der Waals surface area contributed by atoms with Crippen LogP contribution in [0.4, 0.5) is 5.69 Å². The zero-order chi connectivity index (χ0) is 14.7. The second kappa shape index (κ2) is 5.55. The van der Waals surface area contributed by atoms with Crippen molar-refractivity contribution in [1.29, 1.82) is 0 Å². The van der Waals surface area contributed by atoms with Gasteiger partial charge in [0.1, 0.15) is 11.4 Å². The molecule has 0 unspecified atom stereocenters. The minimum Gasteiger partial charge on any atom is -0.462 e. The van der Waals surface area contributed by atoms with Crippen LogP contribution in [0.25, 0.3) is 0 Å². The van der Waals surface area contributed by atoms with E-state index < -0.39 is 11.9 Å². The average Bonchev–Trinajstić information content (AvgIpc) is 2.96. The van der Waals surface area contributed by atoms with Gasteiger partial charge in [-0.05, 0) is 20.8 Å². The molecule has 8 heteroatoms. The second-order valence-corrected chi connectivity index (χ2v) is 4.12. The van der Waals surface area contributed by atoms with E-state index in [1.165, 1.54) is 6.20 Å². The Hall–Kier alpha value is -2.64. The minimum atomic E-state index is -0.501. The number of nitrogens with one attached hydrogen (secondary N) is 3. The third-order valence-corrected chi connectivity index (χ3v) is 2.61. The molecule has 1 amide bonds. The van der Waals surface area contributed by atoms with Gasteiger partial charge < -0.3 is 15.0 Å². The number of aryl methyl sites for hydroxylation is 2. The number of carbonyl (C=O) groups is 2. The van der Waals surface area contributed by atoms with Crippen molar-refractivity contribution in [1.82, 2.24) is 20.2 Å². The molecule has 0 atom stereocenters. The van der Waals surface area contributed by atoms with E-state index in [2.05, 4.69) is 25.5 Å². The van der Waals surface area contributed by atoms with E-state index in [0.29, 0.717) is 22.8 Å². The molecule has 0 bridgehead atoms. The topological polar surface area (TPSA) is 113 Å². The van der Waals surface area contributed by atoms with Crippen molar-refractivity contribution in [2.75, 3.05) is 11.9 Å². The maximum atomic E-state index is 11.9. The van der Waals surface area contributed by atoms with Crippen LogP contribution in [0.5, 0.6) is 0 Å². The maximum absolute atomic E-state index is 11.9. The van der Waals surface area contributed by atoms with Gasteiger partial charge in [-0.15, -0.1) is 5.10 Å². The minimum absolute atomic E-state index is 0.0103. The molecule has 8 nitrogen and oxygen atoms in total. The first-order valence-corrected chi connectivity index (χ1v) is 6.08. The Bertz CT molecular complexity index is 643. The zero-order valence-electron chi connectivity index (χ0n) is 11.4. The molecule has 0 aromatic carbocycles. The predicted molar refractivity (Wildman–Crippen MR) is 70.6 cm³/mol. The van der Waals surface area contributed by atoms with Gasteiger partial charge in [0, 0.05) is 11.9 Å². The first-order chi connectivity index (χ1) is 9.52. The summed E-state index contributed by atoms with van der Waals surface area (Å²) in [6.45, 7) is 5.39. The number of esters is 1. The second-order valence-electron chi connectivity index (χ2n) is 4.12. The Morgan fingerprint density at radius 1 is 1.40 bits per heavy atom. The normalized spacial score (nSPS) is 10.3. The van der Waals surface area contributed by atoms with Gasteiger partial charge in [-0.2, -0.15) is 0 Å². The molecule has 2 rings (SSSR count). The van der Waals surface area contributed by atoms with Crippen molar-refractivity contribution < 1.29 is 14.3 Å². The fraction of sp³-hybridized carbons (Fsp3) is 0.333. The molecule has 0 spiro atoms. The lowest BCUT2D eigenvalue weighted by Crippen LogP contribution is -2.16. The maximum Gasteiger partial charge on any atom is 0.342 e. The van der Waals surface area contributed by atoms with E-state index in [1.54, 1.807) is 20.8 Å². The first kappa shape index (κ1) is 13.8. The standard InChI is InChI=1S/C12H15N5O3/c1-4-20-12(19)9-6(2)13-5-8(9)15-11(18)10-14-7(3)16-17-10/h5,13H,4H2,1-3H3,(H,15,18)(H,14,16,17). The van der Waals surface area contributed by atoms with Crippen LogP contribution in [0.2, 0.25) is 0 Å². The van der Waals surface area contributed by atoms with Gasteiger partial charge in [-0.3, -0.25) is 9.89 Å². The first-order valence-electron chi connectivity index (χ1n) is 6.08. The predicted octanol–water partition coefficient (Wildman–Crippen LogP) is 1.18. The highest BCUT2D eigenvalue weighted by molar-refractivity contribution is 6.06. The molecule has 2 aromatic rings. The average molecular weight is 277 g/mol. The van der Waals surface area contributed by atoms with Crippen LogP contribution in [0, 0.1) is 13.8 Å². The van der Waals surface area contributed by atoms with E-state index in [-0.39, 0.29) is 12.4 Å². The lowest BCUT2D eigenvalue weighted by molar-refractivity contribution is 0.0527. The molecule has 20 heavy (non-hydrogen) atoms. The summed E-state index contributed by atoms with van der Waals surface area (Å²) in [7, 11) is 0. The highest BCUT2D eigenvalue weighted by Crippen LogP contribution is 2.20. The van der Waals surface area contributed by atoms with Crippen molar-refractivity contribution in [2.24, 2.45) is 0 Å². The lowest BCUT2D eigenvalue weighted by Gasteiger charge is -2.05. The number of hydrogen-bond acceptors (Lipinski definition) is 5. The fourth-order valence-corrected chi connectivity index (χ4v) is 1.71. The van der Waals surface area contributed by atoms with Crippen LogP contribution in [0.15, 0.2) is 6.20 Å². The Balaban J connectivity index is 2.22. The van der Waals surface area contributed by atoms with Gasteiger partial charge in [-0.25, -0.2) is 9.78 Å². The smallest absolute Gasteiger partial charge is 0.342 e. The molecular weight excluding hydrogens is 262 g/mol. The number of H-pyrrole nitrogens is 2. The number of aromatic amines is 2. The van der Waals surface area contributed by atoms with Gasteiger partial charge in [0.25, 0.3) is 5.91 Å². The highest BCUT2D eigenvalue weighted by Gasteiger charge is 2.20. The number of hydrogen-bond donors (Lipinski definition) is 3. The van der Waals surface area contributed by atoms with Crippen LogP contribution < -0.4 is 5.32 Å². The molecule has 0 saturated heterocycles. The summed E-state index contributed by atoms with van der Waals surface area (Å²) in [5.41, 5.74) is 1.26. The summed E-state index contributed by atoms with van der Waals surface area (Å²) in [4.78, 5) is 30.6. The summed E-state index contributed by atoms with van der Waals surface area (Å²) < 4.78 is 4.95. The van der Waals surface area contributed by atoms with Crippen molar-refractivity contribution in [3.05, 3.63) is 29.1 Å². The van der Waals surface area contributed by atoms with Crippen molar-refractivity contribution in [2.45, 2.75) is 20.8 Å². The monoisotopic (exact) mass is 277 g/mol. The Kier molecular flexibility index (Phi) is 3.83. The molecule has 0 aliphatic rings. The molecule has 2 heterocycles. The lowest BCUT2D eigenvalue weighted by atomic mass is 10.2.